The summed E-state index contributed by atoms with van der Waals surface area (Å²) in [6.45, 7) is 2.50. The molecule has 5 heteroatoms. The van der Waals surface area contributed by atoms with Crippen molar-refractivity contribution in [2.24, 2.45) is 0 Å². The van der Waals surface area contributed by atoms with Gasteiger partial charge in [-0.15, -0.1) is 0 Å². The quantitative estimate of drug-likeness (QED) is 0.743. The first kappa shape index (κ1) is 17.3. The Kier molecular flexibility index (Phi) is 6.47. The Morgan fingerprint density at radius 2 is 1.70 bits per heavy atom. The van der Waals surface area contributed by atoms with Gasteiger partial charge >= 0.3 is 0 Å². The van der Waals surface area contributed by atoms with Crippen LogP contribution >= 0.6 is 12.2 Å². The van der Waals surface area contributed by atoms with E-state index in [0.717, 1.165) is 24.2 Å². The van der Waals surface area contributed by atoms with Crippen LogP contribution in [0.3, 0.4) is 0 Å². The lowest BCUT2D eigenvalue weighted by molar-refractivity contribution is 0.507. The van der Waals surface area contributed by atoms with Gasteiger partial charge in [0.2, 0.25) is 0 Å². The van der Waals surface area contributed by atoms with Gasteiger partial charge in [-0.05, 0) is 60.5 Å². The van der Waals surface area contributed by atoms with Crippen LogP contribution < -0.4 is 10.6 Å². The summed E-state index contributed by atoms with van der Waals surface area (Å²) in [5.41, 5.74) is 2.83. The molecule has 0 amide bonds. The molecular weight excluding hydrogens is 314 g/mol. The van der Waals surface area contributed by atoms with Gasteiger partial charge in [0, 0.05) is 12.2 Å². The first-order chi connectivity index (χ1) is 11.1. The molecule has 2 N–H and O–H groups in total. The van der Waals surface area contributed by atoms with Gasteiger partial charge in [0.25, 0.3) is 0 Å². The average molecular weight is 334 g/mol. The third kappa shape index (κ3) is 5.60. The largest absolute Gasteiger partial charge is 0.358 e. The van der Waals surface area contributed by atoms with E-state index in [9.17, 15) is 8.78 Å². The molecular formula is C18H20F2N2S. The Morgan fingerprint density at radius 1 is 1.00 bits per heavy atom. The molecule has 2 rings (SSSR count). The highest BCUT2D eigenvalue weighted by Crippen LogP contribution is 2.12. The summed E-state index contributed by atoms with van der Waals surface area (Å²) in [6.07, 6.45) is 3.44. The van der Waals surface area contributed by atoms with E-state index >= 15 is 0 Å². The number of hydrogen-bond acceptors (Lipinski definition) is 1. The van der Waals surface area contributed by atoms with Crippen molar-refractivity contribution in [3.63, 3.8) is 0 Å². The van der Waals surface area contributed by atoms with Crippen molar-refractivity contribution < 1.29 is 8.78 Å². The van der Waals surface area contributed by atoms with E-state index in [1.54, 1.807) is 0 Å². The number of nitrogens with one attached hydrogen (secondary N) is 2. The number of aryl methyl sites for hydroxylation is 1. The van der Waals surface area contributed by atoms with Crippen LogP contribution in [0.4, 0.5) is 14.5 Å². The van der Waals surface area contributed by atoms with Gasteiger partial charge in [0.05, 0.1) is 0 Å². The van der Waals surface area contributed by atoms with Crippen molar-refractivity contribution in [2.45, 2.75) is 32.7 Å². The topological polar surface area (TPSA) is 24.1 Å². The second-order valence-electron chi connectivity index (χ2n) is 5.36. The van der Waals surface area contributed by atoms with E-state index in [0.29, 0.717) is 17.2 Å². The molecule has 0 spiro atoms. The van der Waals surface area contributed by atoms with Crippen LogP contribution in [0.5, 0.6) is 0 Å². The monoisotopic (exact) mass is 334 g/mol. The molecule has 0 aliphatic carbocycles. The number of halogens is 2. The molecule has 0 aliphatic heterocycles. The van der Waals surface area contributed by atoms with Gasteiger partial charge in [-0.2, -0.15) is 0 Å². The number of unbranched alkanes of at least 4 members (excludes halogenated alkanes) is 1. The standard InChI is InChI=1S/C18H20F2N2S/c1-2-3-4-13-5-8-15(9-6-13)22-18(23)21-12-14-7-10-16(19)17(20)11-14/h5-11H,2-4,12H2,1H3,(H2,21,22,23). The molecule has 2 aromatic rings. The number of rotatable bonds is 6. The fourth-order valence-electron chi connectivity index (χ4n) is 2.14. The predicted octanol–water partition coefficient (Wildman–Crippen LogP) is 4.79. The molecule has 0 saturated carbocycles. The second-order valence-corrected chi connectivity index (χ2v) is 5.76. The second kappa shape index (κ2) is 8.58. The number of anilines is 1. The molecule has 0 aliphatic rings. The summed E-state index contributed by atoms with van der Waals surface area (Å²) in [6, 6.07) is 11.9. The third-order valence-electron chi connectivity index (χ3n) is 3.47. The first-order valence-corrected chi connectivity index (χ1v) is 8.07. The van der Waals surface area contributed by atoms with Gasteiger partial charge in [0.15, 0.2) is 16.7 Å². The Morgan fingerprint density at radius 3 is 2.35 bits per heavy atom. The smallest absolute Gasteiger partial charge is 0.171 e. The summed E-state index contributed by atoms with van der Waals surface area (Å²) >= 11 is 5.21. The maximum Gasteiger partial charge on any atom is 0.171 e. The van der Waals surface area contributed by atoms with Crippen LogP contribution in [0.25, 0.3) is 0 Å². The van der Waals surface area contributed by atoms with Crippen molar-refractivity contribution in [2.75, 3.05) is 5.32 Å². The number of thiocarbonyl (C=S) groups is 1. The van der Waals surface area contributed by atoms with Crippen LogP contribution in [-0.4, -0.2) is 5.11 Å². The van der Waals surface area contributed by atoms with E-state index in [2.05, 4.69) is 29.7 Å². The average Bonchev–Trinajstić information content (AvgIpc) is 2.55. The molecule has 122 valence electrons. The van der Waals surface area contributed by atoms with Crippen molar-refractivity contribution in [1.82, 2.24) is 5.32 Å². The molecule has 2 aromatic carbocycles. The zero-order chi connectivity index (χ0) is 16.7. The van der Waals surface area contributed by atoms with Crippen molar-refractivity contribution in [1.29, 1.82) is 0 Å². The van der Waals surface area contributed by atoms with Gasteiger partial charge in [-0.3, -0.25) is 0 Å². The molecule has 0 radical (unpaired) electrons. The molecule has 0 fully saturated rings. The molecule has 0 bridgehead atoms. The Hall–Kier alpha value is -2.01. The lowest BCUT2D eigenvalue weighted by Crippen LogP contribution is -2.27. The number of hydrogen-bond donors (Lipinski definition) is 2. The van der Waals surface area contributed by atoms with Gasteiger partial charge < -0.3 is 10.6 Å². The van der Waals surface area contributed by atoms with Crippen molar-refractivity contribution >= 4 is 23.0 Å². The van der Waals surface area contributed by atoms with E-state index in [4.69, 9.17) is 12.2 Å². The maximum atomic E-state index is 13.1. The highest BCUT2D eigenvalue weighted by molar-refractivity contribution is 7.80. The lowest BCUT2D eigenvalue weighted by Gasteiger charge is -2.11. The Bertz CT molecular complexity index is 657. The molecule has 0 atom stereocenters. The van der Waals surface area contributed by atoms with Gasteiger partial charge in [0.1, 0.15) is 0 Å². The highest BCUT2D eigenvalue weighted by Gasteiger charge is 2.03. The predicted molar refractivity (Wildman–Crippen MR) is 94.5 cm³/mol. The van der Waals surface area contributed by atoms with Crippen LogP contribution in [0.1, 0.15) is 30.9 Å². The SMILES string of the molecule is CCCCc1ccc(NC(=S)NCc2ccc(F)c(F)c2)cc1. The first-order valence-electron chi connectivity index (χ1n) is 7.66. The van der Waals surface area contributed by atoms with E-state index < -0.39 is 11.6 Å². The van der Waals surface area contributed by atoms with Crippen molar-refractivity contribution in [3.8, 4) is 0 Å². The summed E-state index contributed by atoms with van der Waals surface area (Å²) in [5.74, 6) is -1.71. The lowest BCUT2D eigenvalue weighted by atomic mass is 10.1. The van der Waals surface area contributed by atoms with E-state index in [1.165, 1.54) is 24.5 Å². The molecule has 0 unspecified atom stereocenters. The Balaban J connectivity index is 1.83. The highest BCUT2D eigenvalue weighted by atomic mass is 32.1. The minimum Gasteiger partial charge on any atom is -0.358 e. The molecule has 2 nitrogen and oxygen atoms in total. The van der Waals surface area contributed by atoms with Crippen LogP contribution in [0.15, 0.2) is 42.5 Å². The minimum absolute atomic E-state index is 0.331. The minimum atomic E-state index is -0.856. The number of benzene rings is 2. The third-order valence-corrected chi connectivity index (χ3v) is 3.71. The summed E-state index contributed by atoms with van der Waals surface area (Å²) in [4.78, 5) is 0. The molecule has 0 heterocycles. The van der Waals surface area contributed by atoms with E-state index in [1.807, 2.05) is 12.1 Å². The van der Waals surface area contributed by atoms with Gasteiger partial charge in [-0.1, -0.05) is 31.5 Å². The maximum absolute atomic E-state index is 13.1. The van der Waals surface area contributed by atoms with Gasteiger partial charge in [-0.25, -0.2) is 8.78 Å². The zero-order valence-corrected chi connectivity index (χ0v) is 13.9. The summed E-state index contributed by atoms with van der Waals surface area (Å²) in [5, 5.41) is 6.49. The Labute approximate surface area is 140 Å². The molecule has 23 heavy (non-hydrogen) atoms. The van der Waals surface area contributed by atoms with Crippen molar-refractivity contribution in [3.05, 3.63) is 65.2 Å². The fraction of sp³-hybridized carbons (Fsp3) is 0.278. The zero-order valence-electron chi connectivity index (χ0n) is 13.0. The fourth-order valence-corrected chi connectivity index (χ4v) is 2.33. The molecule has 0 aromatic heterocycles. The van der Waals surface area contributed by atoms with Crippen LogP contribution in [-0.2, 0) is 13.0 Å². The normalized spacial score (nSPS) is 10.4. The summed E-state index contributed by atoms with van der Waals surface area (Å²) in [7, 11) is 0. The van der Waals surface area contributed by atoms with Crippen LogP contribution in [0, 0.1) is 11.6 Å². The molecule has 0 saturated heterocycles. The van der Waals surface area contributed by atoms with E-state index in [-0.39, 0.29) is 0 Å². The summed E-state index contributed by atoms with van der Waals surface area (Å²) < 4.78 is 26.0. The van der Waals surface area contributed by atoms with Crippen LogP contribution in [0.2, 0.25) is 0 Å².